The Balaban J connectivity index is 1.74. The molecule has 2 fully saturated rings. The van der Waals surface area contributed by atoms with Crippen molar-refractivity contribution in [2.24, 2.45) is 5.92 Å². The number of nitrogens with one attached hydrogen (secondary N) is 3. The highest BCUT2D eigenvalue weighted by molar-refractivity contribution is 6.00. The highest BCUT2D eigenvalue weighted by Gasteiger charge is 2.33. The van der Waals surface area contributed by atoms with Crippen molar-refractivity contribution in [3.63, 3.8) is 0 Å². The van der Waals surface area contributed by atoms with Gasteiger partial charge in [0.2, 0.25) is 0 Å². The number of hydrogen-bond acceptors (Lipinski definition) is 6. The van der Waals surface area contributed by atoms with Crippen molar-refractivity contribution in [2.45, 2.75) is 103 Å². The molecule has 5 amide bonds. The molecule has 0 saturated heterocycles. The SMILES string of the molecule is CCOC=CC(=O)NC(=O)N[C@H]1CC[C@H](CN(C(=O)O)[C@H]2CC[C@H](NC(=O)OC(C)(C)C)CC2)CC1. The fourth-order valence-electron chi connectivity index (χ4n) is 4.74. The molecule has 11 nitrogen and oxygen atoms in total. The summed E-state index contributed by atoms with van der Waals surface area (Å²) in [5.41, 5.74) is -0.557. The first-order valence-electron chi connectivity index (χ1n) is 12.9. The van der Waals surface area contributed by atoms with Crippen LogP contribution >= 0.6 is 0 Å². The van der Waals surface area contributed by atoms with E-state index in [1.807, 2.05) is 20.8 Å². The molecule has 0 aromatic heterocycles. The van der Waals surface area contributed by atoms with Gasteiger partial charge in [0, 0.05) is 30.7 Å². The maximum Gasteiger partial charge on any atom is 0.407 e. The first-order valence-corrected chi connectivity index (χ1v) is 12.9. The molecule has 0 aromatic rings. The number of rotatable bonds is 8. The third-order valence-electron chi connectivity index (χ3n) is 6.46. The lowest BCUT2D eigenvalue weighted by Gasteiger charge is -2.38. The Morgan fingerprint density at radius 2 is 1.53 bits per heavy atom. The zero-order chi connectivity index (χ0) is 26.7. The minimum atomic E-state index is -0.920. The summed E-state index contributed by atoms with van der Waals surface area (Å²) in [5, 5.41) is 17.8. The van der Waals surface area contributed by atoms with Crippen molar-refractivity contribution in [1.29, 1.82) is 0 Å². The molecule has 2 saturated carbocycles. The van der Waals surface area contributed by atoms with Gasteiger partial charge in [-0.15, -0.1) is 0 Å². The van der Waals surface area contributed by atoms with E-state index in [1.54, 1.807) is 11.8 Å². The molecule has 0 heterocycles. The molecule has 0 spiro atoms. The molecule has 11 heteroatoms. The third kappa shape index (κ3) is 10.7. The molecule has 2 rings (SSSR count). The van der Waals surface area contributed by atoms with Gasteiger partial charge < -0.3 is 30.1 Å². The molecule has 2 aliphatic rings. The maximum atomic E-state index is 12.0. The molecule has 36 heavy (non-hydrogen) atoms. The number of carboxylic acid groups (broad SMARTS) is 1. The number of ether oxygens (including phenoxy) is 2. The standard InChI is InChI=1S/C25H42N4O7/c1-5-35-15-14-21(30)28-22(31)26-18-8-6-17(7-9-18)16-29(24(33)34)20-12-10-19(11-13-20)27-23(32)36-25(2,3)4/h14-15,17-20H,5-13,16H2,1-4H3,(H,27,32)(H,33,34)(H2,26,28,30,31)/t17-,18-,19-,20-. The second-order valence-corrected chi connectivity index (χ2v) is 10.5. The Hall–Kier alpha value is -2.98. The number of alkyl carbamates (subject to hydrolysis) is 1. The molecule has 4 N–H and O–H groups in total. The summed E-state index contributed by atoms with van der Waals surface area (Å²) < 4.78 is 10.3. The van der Waals surface area contributed by atoms with E-state index in [2.05, 4.69) is 16.0 Å². The van der Waals surface area contributed by atoms with Gasteiger partial charge in [-0.1, -0.05) is 0 Å². The van der Waals surface area contributed by atoms with Gasteiger partial charge in [0.25, 0.3) is 5.91 Å². The van der Waals surface area contributed by atoms with Crippen LogP contribution in [-0.2, 0) is 14.3 Å². The Morgan fingerprint density at radius 3 is 2.08 bits per heavy atom. The molecule has 0 radical (unpaired) electrons. The summed E-state index contributed by atoms with van der Waals surface area (Å²) in [5.74, 6) is -0.335. The summed E-state index contributed by atoms with van der Waals surface area (Å²) in [4.78, 5) is 49.3. The van der Waals surface area contributed by atoms with Crippen molar-refractivity contribution in [3.8, 4) is 0 Å². The van der Waals surface area contributed by atoms with E-state index >= 15 is 0 Å². The zero-order valence-corrected chi connectivity index (χ0v) is 21.9. The quantitative estimate of drug-likeness (QED) is 0.287. The van der Waals surface area contributed by atoms with E-state index < -0.39 is 29.7 Å². The topological polar surface area (TPSA) is 146 Å². The van der Waals surface area contributed by atoms with Crippen molar-refractivity contribution >= 4 is 24.1 Å². The van der Waals surface area contributed by atoms with Gasteiger partial charge >= 0.3 is 18.2 Å². The number of imide groups is 1. The fourth-order valence-corrected chi connectivity index (χ4v) is 4.74. The van der Waals surface area contributed by atoms with Crippen LogP contribution in [-0.4, -0.2) is 71.0 Å². The molecular formula is C25H42N4O7. The Morgan fingerprint density at radius 1 is 0.944 bits per heavy atom. The normalized spacial score (nSPS) is 24.4. The zero-order valence-electron chi connectivity index (χ0n) is 21.9. The van der Waals surface area contributed by atoms with Crippen LogP contribution in [0.25, 0.3) is 0 Å². The van der Waals surface area contributed by atoms with Crippen LogP contribution < -0.4 is 16.0 Å². The van der Waals surface area contributed by atoms with Crippen LogP contribution in [0.4, 0.5) is 14.4 Å². The number of carbonyl (C=O) groups is 4. The first kappa shape index (κ1) is 29.3. The van der Waals surface area contributed by atoms with Crippen LogP contribution in [0.1, 0.15) is 79.1 Å². The molecule has 204 valence electrons. The van der Waals surface area contributed by atoms with Gasteiger partial charge in [-0.25, -0.2) is 14.4 Å². The summed E-state index contributed by atoms with van der Waals surface area (Å²) in [6.07, 6.45) is 6.87. The highest BCUT2D eigenvalue weighted by atomic mass is 16.6. The molecule has 0 atom stereocenters. The van der Waals surface area contributed by atoms with Crippen molar-refractivity contribution in [1.82, 2.24) is 20.9 Å². The van der Waals surface area contributed by atoms with Gasteiger partial charge in [-0.2, -0.15) is 0 Å². The Bertz CT molecular complexity index is 780. The summed E-state index contributed by atoms with van der Waals surface area (Å²) in [6, 6.07) is -0.691. The number of urea groups is 1. The van der Waals surface area contributed by atoms with Gasteiger partial charge in [-0.3, -0.25) is 10.1 Å². The smallest absolute Gasteiger partial charge is 0.407 e. The van der Waals surface area contributed by atoms with Crippen molar-refractivity contribution < 1.29 is 33.8 Å². The molecule has 0 bridgehead atoms. The van der Waals surface area contributed by atoms with Crippen molar-refractivity contribution in [3.05, 3.63) is 12.3 Å². The average Bonchev–Trinajstić information content (AvgIpc) is 2.78. The van der Waals surface area contributed by atoms with Gasteiger partial charge in [0.15, 0.2) is 0 Å². The summed E-state index contributed by atoms with van der Waals surface area (Å²) in [6.45, 7) is 8.14. The molecule has 2 aliphatic carbocycles. The van der Waals surface area contributed by atoms with Crippen LogP contribution in [0.5, 0.6) is 0 Å². The van der Waals surface area contributed by atoms with E-state index in [9.17, 15) is 24.3 Å². The van der Waals surface area contributed by atoms with Gasteiger partial charge in [-0.05, 0) is 85.0 Å². The van der Waals surface area contributed by atoms with E-state index in [1.165, 1.54) is 6.26 Å². The van der Waals surface area contributed by atoms with Crippen molar-refractivity contribution in [2.75, 3.05) is 13.2 Å². The maximum absolute atomic E-state index is 12.0. The number of nitrogens with zero attached hydrogens (tertiary/aromatic N) is 1. The third-order valence-corrected chi connectivity index (χ3v) is 6.46. The second-order valence-electron chi connectivity index (χ2n) is 10.5. The Labute approximate surface area is 213 Å². The minimum absolute atomic E-state index is 0.0130. The van der Waals surface area contributed by atoms with Gasteiger partial charge in [0.1, 0.15) is 5.60 Å². The van der Waals surface area contributed by atoms with E-state index in [-0.39, 0.29) is 24.0 Å². The minimum Gasteiger partial charge on any atom is -0.501 e. The lowest BCUT2D eigenvalue weighted by Crippen LogP contribution is -2.49. The van der Waals surface area contributed by atoms with Crippen LogP contribution in [0.3, 0.4) is 0 Å². The van der Waals surface area contributed by atoms with E-state index in [4.69, 9.17) is 9.47 Å². The van der Waals surface area contributed by atoms with Crippen LogP contribution in [0.15, 0.2) is 12.3 Å². The largest absolute Gasteiger partial charge is 0.501 e. The summed E-state index contributed by atoms with van der Waals surface area (Å²) >= 11 is 0. The monoisotopic (exact) mass is 510 g/mol. The predicted molar refractivity (Wildman–Crippen MR) is 133 cm³/mol. The first-order chi connectivity index (χ1) is 17.0. The lowest BCUT2D eigenvalue weighted by atomic mass is 9.84. The molecule has 0 aromatic carbocycles. The molecule has 0 aliphatic heterocycles. The summed E-state index contributed by atoms with van der Waals surface area (Å²) in [7, 11) is 0. The van der Waals surface area contributed by atoms with E-state index in [0.717, 1.165) is 31.8 Å². The number of amides is 5. The second kappa shape index (κ2) is 13.9. The average molecular weight is 511 g/mol. The fraction of sp³-hybridized carbons (Fsp3) is 0.760. The van der Waals surface area contributed by atoms with Gasteiger partial charge in [0.05, 0.1) is 12.9 Å². The Kier molecular flexibility index (Phi) is 11.3. The lowest BCUT2D eigenvalue weighted by molar-refractivity contribution is -0.115. The molecule has 0 unspecified atom stereocenters. The number of carbonyl (C=O) groups excluding carboxylic acids is 3. The number of hydrogen-bond donors (Lipinski definition) is 4. The van der Waals surface area contributed by atoms with Crippen LogP contribution in [0, 0.1) is 5.92 Å². The highest BCUT2D eigenvalue weighted by Crippen LogP contribution is 2.29. The van der Waals surface area contributed by atoms with E-state index in [0.29, 0.717) is 38.8 Å². The van der Waals surface area contributed by atoms with Crippen LogP contribution in [0.2, 0.25) is 0 Å². The predicted octanol–water partition coefficient (Wildman–Crippen LogP) is 3.74. The molecular weight excluding hydrogens is 468 g/mol.